The van der Waals surface area contributed by atoms with Crippen LogP contribution in [0.2, 0.25) is 0 Å². The molecule has 0 bridgehead atoms. The van der Waals surface area contributed by atoms with Crippen LogP contribution in [0.5, 0.6) is 5.75 Å². The zero-order chi connectivity index (χ0) is 15.1. The molecule has 110 valence electrons. The summed E-state index contributed by atoms with van der Waals surface area (Å²) in [5.74, 6) is 0.173. The number of methoxy groups -OCH3 is 1. The number of carbonyl (C=O) groups excluding carboxylic acids is 1. The highest BCUT2D eigenvalue weighted by atomic mass is 16.6. The number of amides is 1. The lowest BCUT2D eigenvalue weighted by Gasteiger charge is -2.22. The van der Waals surface area contributed by atoms with E-state index < -0.39 is 4.92 Å². The van der Waals surface area contributed by atoms with Crippen molar-refractivity contribution in [3.05, 3.63) is 28.3 Å². The minimum Gasteiger partial charge on any atom is -0.490 e. The molecule has 20 heavy (non-hydrogen) atoms. The summed E-state index contributed by atoms with van der Waals surface area (Å²) >= 11 is 0. The molecule has 0 radical (unpaired) electrons. The molecule has 0 heterocycles. The van der Waals surface area contributed by atoms with Crippen LogP contribution in [-0.4, -0.2) is 24.5 Å². The monoisotopic (exact) mass is 280 g/mol. The Labute approximate surface area is 118 Å². The third kappa shape index (κ3) is 3.69. The van der Waals surface area contributed by atoms with Crippen molar-refractivity contribution in [1.82, 2.24) is 0 Å². The molecule has 0 saturated heterocycles. The molecule has 0 aliphatic heterocycles. The van der Waals surface area contributed by atoms with E-state index >= 15 is 0 Å². The number of hydrogen-bond acceptors (Lipinski definition) is 4. The summed E-state index contributed by atoms with van der Waals surface area (Å²) in [4.78, 5) is 24.2. The molecule has 0 aliphatic rings. The fourth-order valence-electron chi connectivity index (χ4n) is 1.96. The summed E-state index contributed by atoms with van der Waals surface area (Å²) in [7, 11) is 1.38. The molecular weight excluding hydrogens is 260 g/mol. The number of hydrogen-bond donors (Lipinski definition) is 0. The molecule has 0 atom stereocenters. The lowest BCUT2D eigenvalue weighted by molar-refractivity contribution is -0.385. The Kier molecular flexibility index (Phi) is 5.96. The summed E-state index contributed by atoms with van der Waals surface area (Å²) in [5, 5.41) is 11.0. The third-order valence-electron chi connectivity index (χ3n) is 2.88. The number of carbonyl (C=O) groups is 1. The van der Waals surface area contributed by atoms with Gasteiger partial charge in [0.1, 0.15) is 0 Å². The van der Waals surface area contributed by atoms with Gasteiger partial charge in [0.25, 0.3) is 0 Å². The lowest BCUT2D eigenvalue weighted by atomic mass is 10.2. The molecule has 6 heteroatoms. The number of nitro groups is 1. The Balaban J connectivity index is 3.17. The van der Waals surface area contributed by atoms with E-state index in [1.54, 1.807) is 11.0 Å². The van der Waals surface area contributed by atoms with Gasteiger partial charge in [0.15, 0.2) is 5.75 Å². The van der Waals surface area contributed by atoms with Crippen LogP contribution in [-0.2, 0) is 4.79 Å². The highest BCUT2D eigenvalue weighted by Crippen LogP contribution is 2.31. The Morgan fingerprint density at radius 1 is 1.35 bits per heavy atom. The van der Waals surface area contributed by atoms with Crippen molar-refractivity contribution in [3.63, 3.8) is 0 Å². The van der Waals surface area contributed by atoms with Gasteiger partial charge in [-0.1, -0.05) is 13.8 Å². The second-order valence-corrected chi connectivity index (χ2v) is 4.41. The molecule has 0 saturated carbocycles. The van der Waals surface area contributed by atoms with Crippen LogP contribution in [0.25, 0.3) is 0 Å². The molecule has 1 amide bonds. The molecule has 0 aliphatic carbocycles. The Hall–Kier alpha value is -2.11. The van der Waals surface area contributed by atoms with Crippen molar-refractivity contribution in [2.75, 3.05) is 18.6 Å². The summed E-state index contributed by atoms with van der Waals surface area (Å²) in [5.41, 5.74) is 0.410. The molecule has 0 fully saturated rings. The molecule has 1 aromatic rings. The highest BCUT2D eigenvalue weighted by Gasteiger charge is 2.20. The largest absolute Gasteiger partial charge is 0.490 e. The van der Waals surface area contributed by atoms with Gasteiger partial charge in [-0.05, 0) is 25.0 Å². The van der Waals surface area contributed by atoms with Crippen molar-refractivity contribution in [2.45, 2.75) is 33.1 Å². The van der Waals surface area contributed by atoms with Crippen LogP contribution < -0.4 is 9.64 Å². The number of anilines is 1. The van der Waals surface area contributed by atoms with Gasteiger partial charge >= 0.3 is 5.69 Å². The van der Waals surface area contributed by atoms with E-state index in [0.29, 0.717) is 18.7 Å². The van der Waals surface area contributed by atoms with Crippen molar-refractivity contribution in [3.8, 4) is 5.75 Å². The van der Waals surface area contributed by atoms with E-state index in [-0.39, 0.29) is 17.3 Å². The second kappa shape index (κ2) is 7.47. The van der Waals surface area contributed by atoms with Gasteiger partial charge in [-0.15, -0.1) is 0 Å². The predicted octanol–water partition coefficient (Wildman–Crippen LogP) is 3.15. The smallest absolute Gasteiger partial charge is 0.312 e. The highest BCUT2D eigenvalue weighted by molar-refractivity contribution is 5.93. The maximum Gasteiger partial charge on any atom is 0.312 e. The minimum atomic E-state index is -0.503. The first kappa shape index (κ1) is 15.9. The normalized spacial score (nSPS) is 10.2. The second-order valence-electron chi connectivity index (χ2n) is 4.41. The number of nitrogens with zero attached hydrogens (tertiary/aromatic N) is 2. The van der Waals surface area contributed by atoms with Crippen molar-refractivity contribution < 1.29 is 14.5 Å². The molecule has 0 N–H and O–H groups in total. The lowest BCUT2D eigenvalue weighted by Crippen LogP contribution is -2.31. The number of ether oxygens (including phenoxy) is 1. The van der Waals surface area contributed by atoms with E-state index in [1.807, 2.05) is 13.8 Å². The molecule has 1 aromatic carbocycles. The van der Waals surface area contributed by atoms with E-state index in [1.165, 1.54) is 19.2 Å². The van der Waals surface area contributed by atoms with Crippen molar-refractivity contribution in [2.24, 2.45) is 0 Å². The van der Waals surface area contributed by atoms with Crippen molar-refractivity contribution in [1.29, 1.82) is 0 Å². The summed E-state index contributed by atoms with van der Waals surface area (Å²) in [6.45, 7) is 4.44. The standard InChI is InChI=1S/C14H20N2O4/c1-4-6-14(17)15(9-5-2)11-7-8-13(20-3)12(10-11)16(18)19/h7-8,10H,4-6,9H2,1-3H3. The Bertz CT molecular complexity index is 488. The molecule has 0 aromatic heterocycles. The Morgan fingerprint density at radius 2 is 2.05 bits per heavy atom. The molecule has 1 rings (SSSR count). The average Bonchev–Trinajstić information content (AvgIpc) is 2.44. The fourth-order valence-corrected chi connectivity index (χ4v) is 1.96. The molecular formula is C14H20N2O4. The van der Waals surface area contributed by atoms with E-state index in [4.69, 9.17) is 4.74 Å². The van der Waals surface area contributed by atoms with Crippen LogP contribution in [0, 0.1) is 10.1 Å². The summed E-state index contributed by atoms with van der Waals surface area (Å²) in [6.07, 6.45) is 1.96. The zero-order valence-electron chi connectivity index (χ0n) is 12.1. The van der Waals surface area contributed by atoms with E-state index in [2.05, 4.69) is 0 Å². The Morgan fingerprint density at radius 3 is 2.55 bits per heavy atom. The average molecular weight is 280 g/mol. The van der Waals surface area contributed by atoms with Crippen LogP contribution in [0.1, 0.15) is 33.1 Å². The summed E-state index contributed by atoms with van der Waals surface area (Å²) in [6, 6.07) is 4.59. The third-order valence-corrected chi connectivity index (χ3v) is 2.88. The van der Waals surface area contributed by atoms with Crippen LogP contribution >= 0.6 is 0 Å². The number of rotatable bonds is 7. The quantitative estimate of drug-likeness (QED) is 0.568. The van der Waals surface area contributed by atoms with Crippen LogP contribution in [0.15, 0.2) is 18.2 Å². The van der Waals surface area contributed by atoms with Crippen LogP contribution in [0.4, 0.5) is 11.4 Å². The fraction of sp³-hybridized carbons (Fsp3) is 0.500. The molecule has 0 unspecified atom stereocenters. The van der Waals surface area contributed by atoms with Gasteiger partial charge in [-0.3, -0.25) is 14.9 Å². The first-order chi connectivity index (χ1) is 9.54. The minimum absolute atomic E-state index is 0.0196. The van der Waals surface area contributed by atoms with Gasteiger partial charge in [-0.2, -0.15) is 0 Å². The zero-order valence-corrected chi connectivity index (χ0v) is 12.1. The van der Waals surface area contributed by atoms with Gasteiger partial charge in [0.2, 0.25) is 5.91 Å². The predicted molar refractivity (Wildman–Crippen MR) is 77.2 cm³/mol. The maximum atomic E-state index is 12.1. The van der Waals surface area contributed by atoms with E-state index in [9.17, 15) is 14.9 Å². The summed E-state index contributed by atoms with van der Waals surface area (Å²) < 4.78 is 4.96. The van der Waals surface area contributed by atoms with E-state index in [0.717, 1.165) is 12.8 Å². The SMILES string of the molecule is CCCC(=O)N(CCC)c1ccc(OC)c([N+](=O)[O-])c1. The van der Waals surface area contributed by atoms with Gasteiger partial charge in [-0.25, -0.2) is 0 Å². The van der Waals surface area contributed by atoms with Gasteiger partial charge in [0, 0.05) is 19.0 Å². The topological polar surface area (TPSA) is 72.7 Å². The van der Waals surface area contributed by atoms with Crippen LogP contribution in [0.3, 0.4) is 0 Å². The van der Waals surface area contributed by atoms with Crippen molar-refractivity contribution >= 4 is 17.3 Å². The molecule has 6 nitrogen and oxygen atoms in total. The molecule has 0 spiro atoms. The van der Waals surface area contributed by atoms with Gasteiger partial charge < -0.3 is 9.64 Å². The first-order valence-electron chi connectivity index (χ1n) is 6.67. The van der Waals surface area contributed by atoms with Gasteiger partial charge in [0.05, 0.1) is 17.7 Å². The number of nitro benzene ring substituents is 1. The maximum absolute atomic E-state index is 12.1. The number of benzene rings is 1. The first-order valence-corrected chi connectivity index (χ1v) is 6.67.